The van der Waals surface area contributed by atoms with Crippen LogP contribution in [0.1, 0.15) is 31.5 Å². The van der Waals surface area contributed by atoms with Gasteiger partial charge in [-0.1, -0.05) is 36.0 Å². The lowest BCUT2D eigenvalue weighted by Gasteiger charge is -2.14. The minimum atomic E-state index is -2.68. The average Bonchev–Trinajstić information content (AvgIpc) is 3.34. The second kappa shape index (κ2) is 8.43. The van der Waals surface area contributed by atoms with Crippen LogP contribution in [0.3, 0.4) is 0 Å². The van der Waals surface area contributed by atoms with E-state index in [0.29, 0.717) is 40.1 Å². The van der Waals surface area contributed by atoms with Gasteiger partial charge in [-0.15, -0.1) is 10.2 Å². The first-order valence-electron chi connectivity index (χ1n) is 9.53. The van der Waals surface area contributed by atoms with Gasteiger partial charge in [-0.2, -0.15) is 8.78 Å². The van der Waals surface area contributed by atoms with Gasteiger partial charge >= 0.3 is 6.55 Å². The average molecular weight is 429 g/mol. The standard InChI is InChI=1S/C21H21F2N5OS/c1-4-27-19(14-9-5-8-12-17(14)29-3)25-26-21(27)30-13(2)18-24-15-10-6-7-11-16(15)28(18)20(22)23/h5-13,20H,4H2,1-3H3. The fraction of sp³-hybridized carbons (Fsp3) is 0.286. The summed E-state index contributed by atoms with van der Waals surface area (Å²) in [6.45, 7) is 1.79. The largest absolute Gasteiger partial charge is 0.496 e. The highest BCUT2D eigenvalue weighted by atomic mass is 32.2. The maximum Gasteiger partial charge on any atom is 0.320 e. The van der Waals surface area contributed by atoms with Crippen LogP contribution >= 0.6 is 11.8 Å². The molecule has 0 radical (unpaired) electrons. The Labute approximate surface area is 176 Å². The van der Waals surface area contributed by atoms with E-state index in [1.165, 1.54) is 11.8 Å². The van der Waals surface area contributed by atoms with Crippen molar-refractivity contribution in [2.24, 2.45) is 0 Å². The van der Waals surface area contributed by atoms with Crippen LogP contribution in [0, 0.1) is 0 Å². The molecule has 0 amide bonds. The number of aromatic nitrogens is 5. The first kappa shape index (κ1) is 20.3. The van der Waals surface area contributed by atoms with Crippen LogP contribution in [0.5, 0.6) is 5.75 Å². The van der Waals surface area contributed by atoms with Gasteiger partial charge in [-0.25, -0.2) is 4.98 Å². The van der Waals surface area contributed by atoms with E-state index in [2.05, 4.69) is 15.2 Å². The number of alkyl halides is 2. The summed E-state index contributed by atoms with van der Waals surface area (Å²) >= 11 is 1.36. The second-order valence-electron chi connectivity index (χ2n) is 6.62. The molecule has 2 aromatic carbocycles. The lowest BCUT2D eigenvalue weighted by Crippen LogP contribution is -2.07. The molecule has 2 aromatic heterocycles. The van der Waals surface area contributed by atoms with Crippen LogP contribution in [-0.2, 0) is 6.54 Å². The molecule has 6 nitrogen and oxygen atoms in total. The number of fused-ring (bicyclic) bond motifs is 1. The smallest absolute Gasteiger partial charge is 0.320 e. The normalized spacial score (nSPS) is 12.6. The molecule has 9 heteroatoms. The maximum atomic E-state index is 13.8. The second-order valence-corrected chi connectivity index (χ2v) is 7.93. The Balaban J connectivity index is 1.71. The minimum Gasteiger partial charge on any atom is -0.496 e. The third-order valence-electron chi connectivity index (χ3n) is 4.85. The molecule has 0 saturated heterocycles. The van der Waals surface area contributed by atoms with Crippen molar-refractivity contribution in [1.82, 2.24) is 24.3 Å². The van der Waals surface area contributed by atoms with Gasteiger partial charge in [-0.05, 0) is 38.1 Å². The number of hydrogen-bond acceptors (Lipinski definition) is 5. The Hall–Kier alpha value is -2.94. The molecule has 0 aliphatic rings. The fourth-order valence-corrected chi connectivity index (χ4v) is 4.47. The summed E-state index contributed by atoms with van der Waals surface area (Å²) in [4.78, 5) is 4.46. The van der Waals surface area contributed by atoms with Gasteiger partial charge in [0.25, 0.3) is 0 Å². The molecule has 0 aliphatic heterocycles. The van der Waals surface area contributed by atoms with Gasteiger partial charge in [-0.3, -0.25) is 4.57 Å². The van der Waals surface area contributed by atoms with Crippen molar-refractivity contribution >= 4 is 22.8 Å². The van der Waals surface area contributed by atoms with Crippen molar-refractivity contribution in [2.75, 3.05) is 7.11 Å². The fourth-order valence-electron chi connectivity index (χ4n) is 3.46. The zero-order chi connectivity index (χ0) is 21.3. The molecule has 0 N–H and O–H groups in total. The van der Waals surface area contributed by atoms with Gasteiger partial charge in [0.15, 0.2) is 11.0 Å². The number of hydrogen-bond donors (Lipinski definition) is 0. The third-order valence-corrected chi connectivity index (χ3v) is 5.92. The number of thioether (sulfide) groups is 1. The highest BCUT2D eigenvalue weighted by Crippen LogP contribution is 2.38. The number of halogens is 2. The van der Waals surface area contributed by atoms with E-state index in [4.69, 9.17) is 4.74 Å². The number of methoxy groups -OCH3 is 1. The highest BCUT2D eigenvalue weighted by Gasteiger charge is 2.25. The van der Waals surface area contributed by atoms with Crippen LogP contribution in [0.15, 0.2) is 53.7 Å². The molecule has 4 rings (SSSR count). The molecule has 0 saturated carbocycles. The Kier molecular flexibility index (Phi) is 5.72. The van der Waals surface area contributed by atoms with Crippen molar-refractivity contribution in [3.8, 4) is 17.1 Å². The van der Waals surface area contributed by atoms with E-state index in [0.717, 1.165) is 10.1 Å². The molecule has 0 fully saturated rings. The van der Waals surface area contributed by atoms with Crippen molar-refractivity contribution in [3.63, 3.8) is 0 Å². The highest BCUT2D eigenvalue weighted by molar-refractivity contribution is 7.99. The quantitative estimate of drug-likeness (QED) is 0.359. The minimum absolute atomic E-state index is 0.306. The van der Waals surface area contributed by atoms with Crippen molar-refractivity contribution in [1.29, 1.82) is 0 Å². The molecule has 4 aromatic rings. The van der Waals surface area contributed by atoms with Crippen molar-refractivity contribution in [3.05, 3.63) is 54.4 Å². The Morgan fingerprint density at radius 2 is 1.80 bits per heavy atom. The van der Waals surface area contributed by atoms with Crippen LogP contribution in [0.4, 0.5) is 8.78 Å². The van der Waals surface area contributed by atoms with E-state index in [1.54, 1.807) is 31.4 Å². The van der Waals surface area contributed by atoms with Gasteiger partial charge in [0.2, 0.25) is 0 Å². The van der Waals surface area contributed by atoms with Crippen LogP contribution in [0.25, 0.3) is 22.4 Å². The molecule has 0 aliphatic carbocycles. The zero-order valence-electron chi connectivity index (χ0n) is 16.8. The summed E-state index contributed by atoms with van der Waals surface area (Å²) < 4.78 is 36.0. The molecule has 30 heavy (non-hydrogen) atoms. The lowest BCUT2D eigenvalue weighted by atomic mass is 10.2. The summed E-state index contributed by atoms with van der Waals surface area (Å²) in [5, 5.41) is 8.96. The summed E-state index contributed by atoms with van der Waals surface area (Å²) in [5.74, 6) is 1.68. The number of imidazole rings is 1. The van der Waals surface area contributed by atoms with Gasteiger partial charge in [0.05, 0.1) is 29.0 Å². The van der Waals surface area contributed by atoms with Crippen molar-refractivity contribution < 1.29 is 13.5 Å². The molecule has 2 heterocycles. The molecular weight excluding hydrogens is 408 g/mol. The maximum absolute atomic E-state index is 13.8. The van der Waals surface area contributed by atoms with Gasteiger partial charge in [0, 0.05) is 6.54 Å². The summed E-state index contributed by atoms with van der Waals surface area (Å²) in [6.07, 6.45) is 0. The van der Waals surface area contributed by atoms with Crippen LogP contribution in [-0.4, -0.2) is 31.4 Å². The Bertz CT molecular complexity index is 1170. The van der Waals surface area contributed by atoms with E-state index in [9.17, 15) is 8.78 Å². The number of nitrogens with zero attached hydrogens (tertiary/aromatic N) is 5. The molecular formula is C21H21F2N5OS. The zero-order valence-corrected chi connectivity index (χ0v) is 17.6. The van der Waals surface area contributed by atoms with Gasteiger partial charge < -0.3 is 9.30 Å². The monoisotopic (exact) mass is 429 g/mol. The Morgan fingerprint density at radius 1 is 1.07 bits per heavy atom. The predicted molar refractivity (Wildman–Crippen MR) is 113 cm³/mol. The molecule has 1 atom stereocenters. The van der Waals surface area contributed by atoms with Crippen molar-refractivity contribution in [2.45, 2.75) is 37.3 Å². The van der Waals surface area contributed by atoms with Crippen LogP contribution < -0.4 is 4.74 Å². The molecule has 0 bridgehead atoms. The third kappa shape index (κ3) is 3.54. The summed E-state index contributed by atoms with van der Waals surface area (Å²) in [6, 6.07) is 14.5. The van der Waals surface area contributed by atoms with E-state index in [-0.39, 0.29) is 5.25 Å². The first-order valence-corrected chi connectivity index (χ1v) is 10.4. The molecule has 0 spiro atoms. The SMILES string of the molecule is CCn1c(SC(C)c2nc3ccccc3n2C(F)F)nnc1-c1ccccc1OC. The van der Waals surface area contributed by atoms with E-state index in [1.807, 2.05) is 42.7 Å². The van der Waals surface area contributed by atoms with E-state index >= 15 is 0 Å². The Morgan fingerprint density at radius 3 is 2.53 bits per heavy atom. The molecule has 1 unspecified atom stereocenters. The predicted octanol–water partition coefficient (Wildman–Crippen LogP) is 5.57. The van der Waals surface area contributed by atoms with E-state index < -0.39 is 6.55 Å². The topological polar surface area (TPSA) is 57.8 Å². The summed E-state index contributed by atoms with van der Waals surface area (Å²) in [7, 11) is 1.61. The number of benzene rings is 2. The number of ether oxygens (including phenoxy) is 1. The first-order chi connectivity index (χ1) is 14.5. The number of rotatable bonds is 7. The molecule has 156 valence electrons. The lowest BCUT2D eigenvalue weighted by molar-refractivity contribution is 0.0715. The summed E-state index contributed by atoms with van der Waals surface area (Å²) in [5.41, 5.74) is 1.79. The number of para-hydroxylation sites is 3. The van der Waals surface area contributed by atoms with Gasteiger partial charge in [0.1, 0.15) is 11.6 Å². The van der Waals surface area contributed by atoms with Crippen LogP contribution in [0.2, 0.25) is 0 Å².